The summed E-state index contributed by atoms with van der Waals surface area (Å²) in [7, 11) is 0. The third-order valence-electron chi connectivity index (χ3n) is 1.49. The van der Waals surface area contributed by atoms with Crippen molar-refractivity contribution < 1.29 is 19.4 Å². The number of rotatable bonds is 3. The van der Waals surface area contributed by atoms with Crippen molar-refractivity contribution in [2.24, 2.45) is 0 Å². The van der Waals surface area contributed by atoms with E-state index in [-0.39, 0.29) is 25.6 Å². The van der Waals surface area contributed by atoms with Crippen molar-refractivity contribution in [2.45, 2.75) is 5.79 Å². The van der Waals surface area contributed by atoms with E-state index >= 15 is 0 Å². The molecule has 1 rings (SSSR count). The normalized spacial score (nSPS) is 27.2. The van der Waals surface area contributed by atoms with E-state index < -0.39 is 5.79 Å². The van der Waals surface area contributed by atoms with Gasteiger partial charge in [0.25, 0.3) is 0 Å². The van der Waals surface area contributed by atoms with Gasteiger partial charge in [-0.3, -0.25) is 4.79 Å². The minimum atomic E-state index is -1.51. The summed E-state index contributed by atoms with van der Waals surface area (Å²) < 4.78 is 9.74. The maximum absolute atomic E-state index is 10.7. The van der Waals surface area contributed by atoms with Gasteiger partial charge in [-0.1, -0.05) is 5.92 Å². The molecule has 0 fully saturated rings. The molecule has 0 saturated carbocycles. The Labute approximate surface area is 76.1 Å². The first-order chi connectivity index (χ1) is 6.16. The van der Waals surface area contributed by atoms with Gasteiger partial charge in [-0.05, 0) is 12.2 Å². The predicted molar refractivity (Wildman–Crippen MR) is 44.7 cm³/mol. The molecule has 1 heterocycles. The molecule has 13 heavy (non-hydrogen) atoms. The second-order valence-corrected chi connectivity index (χ2v) is 2.63. The molecule has 4 heteroatoms. The van der Waals surface area contributed by atoms with Gasteiger partial charge in [-0.2, -0.15) is 0 Å². The van der Waals surface area contributed by atoms with Gasteiger partial charge in [-0.25, -0.2) is 0 Å². The Bertz CT molecular complexity index is 263. The van der Waals surface area contributed by atoms with Gasteiger partial charge >= 0.3 is 0 Å². The molecule has 0 aromatic heterocycles. The third kappa shape index (κ3) is 2.99. The van der Waals surface area contributed by atoms with E-state index in [1.807, 2.05) is 0 Å². The van der Waals surface area contributed by atoms with E-state index in [0.717, 1.165) is 0 Å². The monoisotopic (exact) mass is 182 g/mol. The van der Waals surface area contributed by atoms with Crippen molar-refractivity contribution in [2.75, 3.05) is 19.8 Å². The lowest BCUT2D eigenvalue weighted by Crippen LogP contribution is -2.40. The number of aliphatic hydroxyl groups is 1. The summed E-state index contributed by atoms with van der Waals surface area (Å²) in [5, 5.41) is 9.56. The SMILES string of the molecule is C#CCOC[C@@]1(O)C=CC(=O)CO1. The average Bonchev–Trinajstić information content (AvgIpc) is 2.12. The molecular weight excluding hydrogens is 172 g/mol. The molecule has 1 aliphatic heterocycles. The van der Waals surface area contributed by atoms with Crippen LogP contribution >= 0.6 is 0 Å². The highest BCUT2D eigenvalue weighted by Crippen LogP contribution is 2.13. The molecule has 0 aromatic carbocycles. The fourth-order valence-corrected chi connectivity index (χ4v) is 0.861. The number of hydrogen-bond acceptors (Lipinski definition) is 4. The zero-order chi connectivity index (χ0) is 9.73. The van der Waals surface area contributed by atoms with Crippen LogP contribution in [0, 0.1) is 12.3 Å². The van der Waals surface area contributed by atoms with Crippen LogP contribution in [0.2, 0.25) is 0 Å². The van der Waals surface area contributed by atoms with E-state index in [0.29, 0.717) is 0 Å². The fraction of sp³-hybridized carbons (Fsp3) is 0.444. The van der Waals surface area contributed by atoms with E-state index in [2.05, 4.69) is 5.92 Å². The van der Waals surface area contributed by atoms with Crippen molar-refractivity contribution in [3.05, 3.63) is 12.2 Å². The van der Waals surface area contributed by atoms with Crippen LogP contribution in [-0.4, -0.2) is 36.5 Å². The molecular formula is C9H10O4. The summed E-state index contributed by atoms with van der Waals surface area (Å²) in [6, 6.07) is 0. The second-order valence-electron chi connectivity index (χ2n) is 2.63. The number of ether oxygens (including phenoxy) is 2. The second kappa shape index (κ2) is 4.19. The van der Waals surface area contributed by atoms with E-state index in [4.69, 9.17) is 15.9 Å². The molecule has 0 bridgehead atoms. The van der Waals surface area contributed by atoms with Gasteiger partial charge in [0.1, 0.15) is 19.8 Å². The number of terminal acetylenes is 1. The van der Waals surface area contributed by atoms with Crippen LogP contribution in [-0.2, 0) is 14.3 Å². The lowest BCUT2D eigenvalue weighted by atomic mass is 10.2. The standard InChI is InChI=1S/C9H10O4/c1-2-5-12-7-9(11)4-3-8(10)6-13-9/h1,3-4,11H,5-7H2/t9-/m1/s1. The molecule has 0 amide bonds. The van der Waals surface area contributed by atoms with Crippen LogP contribution in [0.15, 0.2) is 12.2 Å². The van der Waals surface area contributed by atoms with Gasteiger partial charge < -0.3 is 14.6 Å². The Hall–Kier alpha value is -1.15. The lowest BCUT2D eigenvalue weighted by molar-refractivity contribution is -0.200. The van der Waals surface area contributed by atoms with Crippen molar-refractivity contribution in [3.8, 4) is 12.3 Å². The fourth-order valence-electron chi connectivity index (χ4n) is 0.861. The number of hydrogen-bond donors (Lipinski definition) is 1. The zero-order valence-electron chi connectivity index (χ0n) is 7.03. The summed E-state index contributed by atoms with van der Waals surface area (Å²) in [6.45, 7) is -0.0964. The summed E-state index contributed by atoms with van der Waals surface area (Å²) in [5.74, 6) is 0.565. The van der Waals surface area contributed by atoms with Crippen LogP contribution in [0.5, 0.6) is 0 Å². The lowest BCUT2D eigenvalue weighted by Gasteiger charge is -2.26. The largest absolute Gasteiger partial charge is 0.363 e. The van der Waals surface area contributed by atoms with Crippen molar-refractivity contribution in [1.29, 1.82) is 0 Å². The average molecular weight is 182 g/mol. The maximum atomic E-state index is 10.7. The van der Waals surface area contributed by atoms with Crippen LogP contribution in [0.25, 0.3) is 0 Å². The molecule has 1 N–H and O–H groups in total. The molecule has 1 atom stereocenters. The number of carbonyl (C=O) groups is 1. The van der Waals surface area contributed by atoms with Crippen LogP contribution in [0.1, 0.15) is 0 Å². The third-order valence-corrected chi connectivity index (χ3v) is 1.49. The summed E-state index contributed by atoms with van der Waals surface area (Å²) in [6.07, 6.45) is 7.47. The van der Waals surface area contributed by atoms with Crippen molar-refractivity contribution >= 4 is 5.78 Å². The molecule has 0 unspecified atom stereocenters. The first kappa shape index (κ1) is 9.93. The van der Waals surface area contributed by atoms with Crippen molar-refractivity contribution in [3.63, 3.8) is 0 Å². The van der Waals surface area contributed by atoms with E-state index in [1.165, 1.54) is 12.2 Å². The molecule has 1 aliphatic rings. The Morgan fingerprint density at radius 1 is 1.85 bits per heavy atom. The summed E-state index contributed by atoms with van der Waals surface area (Å²) in [5.41, 5.74) is 0. The number of carbonyl (C=O) groups excluding carboxylic acids is 1. The minimum absolute atomic E-state index is 0.0685. The van der Waals surface area contributed by atoms with Crippen LogP contribution in [0.4, 0.5) is 0 Å². The van der Waals surface area contributed by atoms with Crippen LogP contribution < -0.4 is 0 Å². The highest BCUT2D eigenvalue weighted by Gasteiger charge is 2.28. The first-order valence-electron chi connectivity index (χ1n) is 3.76. The smallest absolute Gasteiger partial charge is 0.210 e. The van der Waals surface area contributed by atoms with E-state index in [1.54, 1.807) is 0 Å². The highest BCUT2D eigenvalue weighted by atomic mass is 16.6. The quantitative estimate of drug-likeness (QED) is 0.471. The Kier molecular flexibility index (Phi) is 3.20. The summed E-state index contributed by atoms with van der Waals surface area (Å²) >= 11 is 0. The van der Waals surface area contributed by atoms with Gasteiger partial charge in [-0.15, -0.1) is 6.42 Å². The van der Waals surface area contributed by atoms with Crippen LogP contribution in [0.3, 0.4) is 0 Å². The number of ketones is 1. The molecule has 70 valence electrons. The molecule has 0 aromatic rings. The molecule has 0 radical (unpaired) electrons. The van der Waals surface area contributed by atoms with Crippen molar-refractivity contribution in [1.82, 2.24) is 0 Å². The molecule has 0 spiro atoms. The van der Waals surface area contributed by atoms with Gasteiger partial charge in [0, 0.05) is 0 Å². The molecule has 4 nitrogen and oxygen atoms in total. The Morgan fingerprint density at radius 2 is 2.62 bits per heavy atom. The summed E-state index contributed by atoms with van der Waals surface area (Å²) in [4.78, 5) is 10.7. The first-order valence-corrected chi connectivity index (χ1v) is 3.76. The Morgan fingerprint density at radius 3 is 3.15 bits per heavy atom. The van der Waals surface area contributed by atoms with E-state index in [9.17, 15) is 9.90 Å². The zero-order valence-corrected chi connectivity index (χ0v) is 7.03. The molecule has 0 aliphatic carbocycles. The van der Waals surface area contributed by atoms with Gasteiger partial charge in [0.15, 0.2) is 5.78 Å². The maximum Gasteiger partial charge on any atom is 0.210 e. The minimum Gasteiger partial charge on any atom is -0.363 e. The van der Waals surface area contributed by atoms with Gasteiger partial charge in [0.05, 0.1) is 0 Å². The highest BCUT2D eigenvalue weighted by molar-refractivity contribution is 5.91. The molecule has 0 saturated heterocycles. The Balaban J connectivity index is 2.43. The van der Waals surface area contributed by atoms with Gasteiger partial charge in [0.2, 0.25) is 5.79 Å². The predicted octanol–water partition coefficient (Wildman–Crippen LogP) is -0.520. The topological polar surface area (TPSA) is 55.8 Å².